The van der Waals surface area contributed by atoms with Crippen molar-refractivity contribution < 1.29 is 18.8 Å². The van der Waals surface area contributed by atoms with E-state index in [4.69, 9.17) is 0 Å². The maximum Gasteiger partial charge on any atom is 0.246 e. The molecule has 2 aliphatic rings. The van der Waals surface area contributed by atoms with Crippen LogP contribution in [0.25, 0.3) is 0 Å². The van der Waals surface area contributed by atoms with Crippen LogP contribution in [0.5, 0.6) is 0 Å². The number of hydrogen-bond acceptors (Lipinski definition) is 5. The highest BCUT2D eigenvalue weighted by Crippen LogP contribution is 2.35. The van der Waals surface area contributed by atoms with Crippen molar-refractivity contribution in [3.05, 3.63) is 58.4 Å². The number of halogens is 1. The minimum absolute atomic E-state index is 0.253. The fourth-order valence-electron chi connectivity index (χ4n) is 3.72. The quantitative estimate of drug-likeness (QED) is 0.604. The number of anilines is 1. The first-order valence-electron chi connectivity index (χ1n) is 9.42. The van der Waals surface area contributed by atoms with Gasteiger partial charge in [0, 0.05) is 17.5 Å². The Morgan fingerprint density at radius 1 is 1.24 bits per heavy atom. The molecule has 0 spiro atoms. The van der Waals surface area contributed by atoms with Crippen molar-refractivity contribution in [2.75, 3.05) is 11.9 Å². The summed E-state index contributed by atoms with van der Waals surface area (Å²) in [6, 6.07) is 5.08. The van der Waals surface area contributed by atoms with Gasteiger partial charge in [0.1, 0.15) is 12.4 Å². The molecule has 1 fully saturated rings. The third-order valence-corrected chi connectivity index (χ3v) is 6.23. The van der Waals surface area contributed by atoms with E-state index < -0.39 is 5.91 Å². The van der Waals surface area contributed by atoms with Gasteiger partial charge in [0.2, 0.25) is 17.7 Å². The standard InChI is InChI=1S/C21H20FN3O3S/c1-12-6-7-13(9-17(12)22)8-14-10-23-21(29-14)24-18(26)11-25-19(27)15-4-2-3-5-16(15)20(25)28/h2-3,6-7,9-10,15-16H,4-5,8,11H2,1H3,(H,23,24,26)/t15-,16-/m1/s1. The van der Waals surface area contributed by atoms with E-state index in [0.717, 1.165) is 15.3 Å². The van der Waals surface area contributed by atoms with E-state index in [1.807, 2.05) is 18.2 Å². The molecule has 6 nitrogen and oxygen atoms in total. The maximum absolute atomic E-state index is 13.7. The Kier molecular flexibility index (Phi) is 5.27. The van der Waals surface area contributed by atoms with Gasteiger partial charge >= 0.3 is 0 Å². The van der Waals surface area contributed by atoms with E-state index in [0.29, 0.717) is 30.0 Å². The molecule has 3 amide bonds. The Balaban J connectivity index is 1.36. The summed E-state index contributed by atoms with van der Waals surface area (Å²) in [5, 5.41) is 3.04. The number of hydrogen-bond donors (Lipinski definition) is 1. The zero-order valence-corrected chi connectivity index (χ0v) is 16.7. The lowest BCUT2D eigenvalue weighted by Gasteiger charge is -2.14. The number of benzene rings is 1. The van der Waals surface area contributed by atoms with Crippen molar-refractivity contribution in [3.8, 4) is 0 Å². The van der Waals surface area contributed by atoms with E-state index in [-0.39, 0.29) is 36.0 Å². The molecule has 2 atom stereocenters. The van der Waals surface area contributed by atoms with Gasteiger partial charge in [-0.3, -0.25) is 19.3 Å². The normalized spacial score (nSPS) is 20.8. The third-order valence-electron chi connectivity index (χ3n) is 5.32. The molecule has 1 aromatic heterocycles. The van der Waals surface area contributed by atoms with Crippen LogP contribution in [0.1, 0.15) is 28.8 Å². The fraction of sp³-hybridized carbons (Fsp3) is 0.333. The van der Waals surface area contributed by atoms with Gasteiger partial charge in [0.05, 0.1) is 11.8 Å². The number of carbonyl (C=O) groups excluding carboxylic acids is 3. The monoisotopic (exact) mass is 413 g/mol. The Hall–Kier alpha value is -2.87. The number of aromatic nitrogens is 1. The Labute approximate surface area is 171 Å². The number of fused-ring (bicyclic) bond motifs is 1. The number of carbonyl (C=O) groups is 3. The largest absolute Gasteiger partial charge is 0.300 e. The zero-order chi connectivity index (χ0) is 20.5. The molecule has 4 rings (SSSR count). The Morgan fingerprint density at radius 3 is 2.59 bits per heavy atom. The van der Waals surface area contributed by atoms with Crippen LogP contribution in [-0.4, -0.2) is 34.2 Å². The molecular formula is C21H20FN3O3S. The smallest absolute Gasteiger partial charge is 0.246 e. The van der Waals surface area contributed by atoms with Crippen LogP contribution < -0.4 is 5.32 Å². The van der Waals surface area contributed by atoms with Crippen molar-refractivity contribution in [2.24, 2.45) is 11.8 Å². The van der Waals surface area contributed by atoms with Gasteiger partial charge in [0.25, 0.3) is 0 Å². The van der Waals surface area contributed by atoms with E-state index in [9.17, 15) is 18.8 Å². The van der Waals surface area contributed by atoms with Gasteiger partial charge in [-0.05, 0) is 37.0 Å². The topological polar surface area (TPSA) is 79.4 Å². The first-order valence-corrected chi connectivity index (χ1v) is 10.2. The van der Waals surface area contributed by atoms with Gasteiger partial charge in [0.15, 0.2) is 5.13 Å². The van der Waals surface area contributed by atoms with Crippen LogP contribution in [0.4, 0.5) is 9.52 Å². The van der Waals surface area contributed by atoms with Gasteiger partial charge in [-0.15, -0.1) is 11.3 Å². The minimum Gasteiger partial charge on any atom is -0.300 e. The molecule has 8 heteroatoms. The average Bonchev–Trinajstić information content (AvgIpc) is 3.23. The molecule has 0 unspecified atom stereocenters. The van der Waals surface area contributed by atoms with Crippen LogP contribution in [-0.2, 0) is 20.8 Å². The molecule has 29 heavy (non-hydrogen) atoms. The van der Waals surface area contributed by atoms with Crippen LogP contribution in [0.15, 0.2) is 36.5 Å². The summed E-state index contributed by atoms with van der Waals surface area (Å²) in [5.74, 6) is -1.96. The predicted molar refractivity (Wildman–Crippen MR) is 107 cm³/mol. The molecule has 150 valence electrons. The fourth-order valence-corrected chi connectivity index (χ4v) is 4.58. The number of amides is 3. The number of allylic oxidation sites excluding steroid dienone is 2. The molecule has 1 aliphatic carbocycles. The lowest BCUT2D eigenvalue weighted by Crippen LogP contribution is -2.38. The number of aryl methyl sites for hydroxylation is 1. The average molecular weight is 413 g/mol. The summed E-state index contributed by atoms with van der Waals surface area (Å²) in [5.41, 5.74) is 1.41. The molecule has 2 heterocycles. The van der Waals surface area contributed by atoms with E-state index in [2.05, 4.69) is 10.3 Å². The molecular weight excluding hydrogens is 393 g/mol. The Bertz CT molecular complexity index is 990. The van der Waals surface area contributed by atoms with Crippen molar-refractivity contribution >= 4 is 34.2 Å². The van der Waals surface area contributed by atoms with Gasteiger partial charge in [-0.2, -0.15) is 0 Å². The zero-order valence-electron chi connectivity index (χ0n) is 15.9. The number of rotatable bonds is 5. The minimum atomic E-state index is -0.458. The second kappa shape index (κ2) is 7.87. The summed E-state index contributed by atoms with van der Waals surface area (Å²) in [4.78, 5) is 43.3. The summed E-state index contributed by atoms with van der Waals surface area (Å²) < 4.78 is 13.7. The highest BCUT2D eigenvalue weighted by atomic mass is 32.1. The van der Waals surface area contributed by atoms with E-state index in [1.54, 1.807) is 19.2 Å². The van der Waals surface area contributed by atoms with E-state index >= 15 is 0 Å². The number of nitrogens with one attached hydrogen (secondary N) is 1. The van der Waals surface area contributed by atoms with Gasteiger partial charge < -0.3 is 5.32 Å². The lowest BCUT2D eigenvalue weighted by molar-refractivity contribution is -0.142. The number of thiazole rings is 1. The number of nitrogens with zero attached hydrogens (tertiary/aromatic N) is 2. The van der Waals surface area contributed by atoms with Crippen LogP contribution >= 0.6 is 11.3 Å². The maximum atomic E-state index is 13.7. The summed E-state index contributed by atoms with van der Waals surface area (Å²) in [7, 11) is 0. The van der Waals surface area contributed by atoms with Crippen LogP contribution in [0.3, 0.4) is 0 Å². The van der Waals surface area contributed by atoms with Crippen LogP contribution in [0.2, 0.25) is 0 Å². The molecule has 0 saturated carbocycles. The molecule has 1 saturated heterocycles. The summed E-state index contributed by atoms with van der Waals surface area (Å²) in [6.45, 7) is 1.41. The van der Waals surface area contributed by atoms with Crippen LogP contribution in [0, 0.1) is 24.6 Å². The Morgan fingerprint density at radius 2 is 1.93 bits per heavy atom. The second-order valence-corrected chi connectivity index (χ2v) is 8.47. The number of likely N-dealkylation sites (tertiary alicyclic amines) is 1. The SMILES string of the molecule is Cc1ccc(Cc2cnc(NC(=O)CN3C(=O)[C@@H]4CC=CC[C@H]4C3=O)s2)cc1F. The predicted octanol–water partition coefficient (Wildman–Crippen LogP) is 3.07. The lowest BCUT2D eigenvalue weighted by atomic mass is 9.85. The van der Waals surface area contributed by atoms with Gasteiger partial charge in [-0.25, -0.2) is 9.37 Å². The van der Waals surface area contributed by atoms with Crippen molar-refractivity contribution in [1.29, 1.82) is 0 Å². The molecule has 2 aromatic rings. The molecule has 1 N–H and O–H groups in total. The first kappa shape index (κ1) is 19.4. The number of imide groups is 1. The molecule has 1 aliphatic heterocycles. The summed E-state index contributed by atoms with van der Waals surface area (Å²) >= 11 is 1.28. The summed E-state index contributed by atoms with van der Waals surface area (Å²) in [6.07, 6.45) is 7.04. The highest BCUT2D eigenvalue weighted by Gasteiger charge is 2.47. The third kappa shape index (κ3) is 3.98. The van der Waals surface area contributed by atoms with E-state index in [1.165, 1.54) is 17.4 Å². The second-order valence-electron chi connectivity index (χ2n) is 7.36. The molecule has 0 bridgehead atoms. The molecule has 0 radical (unpaired) electrons. The van der Waals surface area contributed by atoms with Gasteiger partial charge in [-0.1, -0.05) is 24.3 Å². The highest BCUT2D eigenvalue weighted by molar-refractivity contribution is 7.15. The van der Waals surface area contributed by atoms with Crippen molar-refractivity contribution in [3.63, 3.8) is 0 Å². The van der Waals surface area contributed by atoms with Crippen molar-refractivity contribution in [2.45, 2.75) is 26.2 Å². The molecule has 1 aromatic carbocycles. The first-order chi connectivity index (χ1) is 13.9. The van der Waals surface area contributed by atoms with Crippen molar-refractivity contribution in [1.82, 2.24) is 9.88 Å².